The lowest BCUT2D eigenvalue weighted by molar-refractivity contribution is -0.134. The first-order valence-corrected chi connectivity index (χ1v) is 5.91. The van der Waals surface area contributed by atoms with Gasteiger partial charge >= 0.3 is 0 Å². The number of fused-ring (bicyclic) bond motifs is 1. The number of rotatable bonds is 3. The number of hydrogen-bond acceptors (Lipinski definition) is 2. The smallest absolute Gasteiger partial charge is 0.255 e. The minimum absolute atomic E-state index is 0.273. The van der Waals surface area contributed by atoms with E-state index in [2.05, 4.69) is 5.32 Å². The summed E-state index contributed by atoms with van der Waals surface area (Å²) < 4.78 is 24.5. The van der Waals surface area contributed by atoms with Crippen molar-refractivity contribution in [2.45, 2.75) is 25.4 Å². The van der Waals surface area contributed by atoms with Crippen LogP contribution in [-0.4, -0.2) is 36.9 Å². The number of hydrogen-bond donors (Lipinski definition) is 1. The van der Waals surface area contributed by atoms with E-state index in [0.29, 0.717) is 13.0 Å². The summed E-state index contributed by atoms with van der Waals surface area (Å²) in [6.45, 7) is 0.0910. The number of benzene rings is 1. The average Bonchev–Trinajstić information content (AvgIpc) is 2.36. The Morgan fingerprint density at radius 1 is 1.44 bits per heavy atom. The first-order chi connectivity index (χ1) is 8.58. The van der Waals surface area contributed by atoms with Crippen molar-refractivity contribution in [1.82, 2.24) is 10.2 Å². The van der Waals surface area contributed by atoms with Crippen LogP contribution in [0.4, 0.5) is 8.78 Å². The third-order valence-corrected chi connectivity index (χ3v) is 3.17. The predicted molar refractivity (Wildman–Crippen MR) is 64.4 cm³/mol. The molecule has 0 saturated carbocycles. The Balaban J connectivity index is 2.02. The predicted octanol–water partition coefficient (Wildman–Crippen LogP) is 1.42. The highest BCUT2D eigenvalue weighted by Gasteiger charge is 2.27. The lowest BCUT2D eigenvalue weighted by atomic mass is 9.95. The Kier molecular flexibility index (Phi) is 3.91. The Morgan fingerprint density at radius 3 is 2.78 bits per heavy atom. The molecule has 0 aliphatic carbocycles. The Morgan fingerprint density at radius 2 is 2.11 bits per heavy atom. The topological polar surface area (TPSA) is 32.3 Å². The molecule has 0 spiro atoms. The van der Waals surface area contributed by atoms with Gasteiger partial charge in [0.15, 0.2) is 0 Å². The molecule has 1 N–H and O–H groups in total. The Hall–Kier alpha value is -1.49. The maximum atomic E-state index is 12.2. The first-order valence-electron chi connectivity index (χ1n) is 5.91. The number of carbonyl (C=O) groups is 1. The number of amides is 1. The van der Waals surface area contributed by atoms with Crippen LogP contribution in [0.2, 0.25) is 0 Å². The quantitative estimate of drug-likeness (QED) is 0.885. The molecule has 1 aromatic carbocycles. The Labute approximate surface area is 105 Å². The molecule has 1 heterocycles. The summed E-state index contributed by atoms with van der Waals surface area (Å²) in [7, 11) is 1.41. The zero-order valence-corrected chi connectivity index (χ0v) is 10.2. The maximum Gasteiger partial charge on any atom is 0.255 e. The van der Waals surface area contributed by atoms with Crippen LogP contribution < -0.4 is 5.32 Å². The summed E-state index contributed by atoms with van der Waals surface area (Å²) in [6, 6.07) is 7.46. The highest BCUT2D eigenvalue weighted by atomic mass is 19.3. The van der Waals surface area contributed by atoms with E-state index in [9.17, 15) is 13.6 Å². The van der Waals surface area contributed by atoms with E-state index < -0.39 is 19.0 Å². The van der Waals surface area contributed by atoms with Gasteiger partial charge in [0.25, 0.3) is 6.43 Å². The van der Waals surface area contributed by atoms with Crippen molar-refractivity contribution < 1.29 is 13.6 Å². The molecule has 1 aliphatic rings. The highest BCUT2D eigenvalue weighted by Crippen LogP contribution is 2.17. The minimum Gasteiger partial charge on any atom is -0.339 e. The van der Waals surface area contributed by atoms with Crippen LogP contribution in [0, 0.1) is 0 Å². The van der Waals surface area contributed by atoms with Gasteiger partial charge in [-0.3, -0.25) is 4.79 Å². The van der Waals surface area contributed by atoms with Gasteiger partial charge in [-0.2, -0.15) is 0 Å². The fourth-order valence-corrected chi connectivity index (χ4v) is 2.19. The first kappa shape index (κ1) is 13.0. The number of nitrogens with one attached hydrogen (secondary N) is 1. The van der Waals surface area contributed by atoms with Gasteiger partial charge in [0.1, 0.15) is 0 Å². The van der Waals surface area contributed by atoms with Gasteiger partial charge in [-0.05, 0) is 17.5 Å². The normalized spacial score (nSPS) is 18.6. The minimum atomic E-state index is -2.49. The summed E-state index contributed by atoms with van der Waals surface area (Å²) in [5.41, 5.74) is 2.28. The highest BCUT2D eigenvalue weighted by molar-refractivity contribution is 5.82. The molecule has 0 aromatic heterocycles. The fourth-order valence-electron chi connectivity index (χ4n) is 2.19. The molecule has 2 rings (SSSR count). The van der Waals surface area contributed by atoms with E-state index in [1.165, 1.54) is 7.05 Å². The average molecular weight is 254 g/mol. The van der Waals surface area contributed by atoms with E-state index in [1.807, 2.05) is 24.3 Å². The molecule has 1 atom stereocenters. The zero-order valence-electron chi connectivity index (χ0n) is 10.2. The molecule has 1 aromatic rings. The SMILES string of the molecule is CN(CC(F)F)C(=O)[C@H]1Cc2ccccc2CN1. The van der Waals surface area contributed by atoms with Gasteiger partial charge in [-0.15, -0.1) is 0 Å². The molecule has 1 aliphatic heterocycles. The monoisotopic (exact) mass is 254 g/mol. The van der Waals surface area contributed by atoms with Crippen molar-refractivity contribution in [3.05, 3.63) is 35.4 Å². The van der Waals surface area contributed by atoms with Crippen molar-refractivity contribution in [3.63, 3.8) is 0 Å². The molecular weight excluding hydrogens is 238 g/mol. The summed E-state index contributed by atoms with van der Waals surface area (Å²) in [5, 5.41) is 3.09. The lowest BCUT2D eigenvalue weighted by Crippen LogP contribution is -2.49. The second-order valence-corrected chi connectivity index (χ2v) is 4.52. The van der Waals surface area contributed by atoms with Crippen molar-refractivity contribution in [2.75, 3.05) is 13.6 Å². The van der Waals surface area contributed by atoms with Gasteiger partial charge in [0.2, 0.25) is 5.91 Å². The van der Waals surface area contributed by atoms with Gasteiger partial charge in [-0.25, -0.2) is 8.78 Å². The van der Waals surface area contributed by atoms with E-state index in [4.69, 9.17) is 0 Å². The van der Waals surface area contributed by atoms with Crippen LogP contribution >= 0.6 is 0 Å². The number of nitrogens with zero attached hydrogens (tertiary/aromatic N) is 1. The van der Waals surface area contributed by atoms with Crippen molar-refractivity contribution in [2.24, 2.45) is 0 Å². The van der Waals surface area contributed by atoms with E-state index in [1.54, 1.807) is 0 Å². The van der Waals surface area contributed by atoms with Crippen LogP contribution in [0.5, 0.6) is 0 Å². The second kappa shape index (κ2) is 5.44. The van der Waals surface area contributed by atoms with E-state index >= 15 is 0 Å². The van der Waals surface area contributed by atoms with Crippen LogP contribution in [0.1, 0.15) is 11.1 Å². The van der Waals surface area contributed by atoms with Gasteiger partial charge in [-0.1, -0.05) is 24.3 Å². The lowest BCUT2D eigenvalue weighted by Gasteiger charge is -2.28. The number of alkyl halides is 2. The summed E-state index contributed by atoms with van der Waals surface area (Å²) in [6.07, 6.45) is -1.93. The van der Waals surface area contributed by atoms with Crippen LogP contribution in [0.3, 0.4) is 0 Å². The number of likely N-dealkylation sites (N-methyl/N-ethyl adjacent to an activating group) is 1. The maximum absolute atomic E-state index is 12.2. The van der Waals surface area contributed by atoms with Crippen molar-refractivity contribution >= 4 is 5.91 Å². The number of halogens is 2. The molecule has 3 nitrogen and oxygen atoms in total. The molecule has 0 fully saturated rings. The molecule has 1 amide bonds. The third kappa shape index (κ3) is 2.85. The molecule has 0 bridgehead atoms. The summed E-state index contributed by atoms with van der Waals surface area (Å²) in [5.74, 6) is -0.273. The van der Waals surface area contributed by atoms with Gasteiger partial charge in [0.05, 0.1) is 12.6 Å². The van der Waals surface area contributed by atoms with Crippen LogP contribution in [0.25, 0.3) is 0 Å². The standard InChI is InChI=1S/C13H16F2N2O/c1-17(8-12(14)15)13(18)11-6-9-4-2-3-5-10(9)7-16-11/h2-5,11-12,16H,6-8H2,1H3/t11-/m1/s1. The zero-order chi connectivity index (χ0) is 13.1. The third-order valence-electron chi connectivity index (χ3n) is 3.17. The number of carbonyl (C=O) groups excluding carboxylic acids is 1. The van der Waals surface area contributed by atoms with E-state index in [-0.39, 0.29) is 5.91 Å². The second-order valence-electron chi connectivity index (χ2n) is 4.52. The summed E-state index contributed by atoms with van der Waals surface area (Å²) in [4.78, 5) is 13.1. The molecule has 0 radical (unpaired) electrons. The molecule has 0 unspecified atom stereocenters. The van der Waals surface area contributed by atoms with E-state index in [0.717, 1.165) is 16.0 Å². The Bertz CT molecular complexity index is 437. The molecule has 5 heteroatoms. The largest absolute Gasteiger partial charge is 0.339 e. The molecule has 98 valence electrons. The van der Waals surface area contributed by atoms with Crippen LogP contribution in [-0.2, 0) is 17.8 Å². The van der Waals surface area contributed by atoms with Crippen molar-refractivity contribution in [3.8, 4) is 0 Å². The molecule has 18 heavy (non-hydrogen) atoms. The molecular formula is C13H16F2N2O. The summed E-state index contributed by atoms with van der Waals surface area (Å²) >= 11 is 0. The van der Waals surface area contributed by atoms with Crippen molar-refractivity contribution in [1.29, 1.82) is 0 Å². The molecule has 0 saturated heterocycles. The van der Waals surface area contributed by atoms with Gasteiger partial charge in [0, 0.05) is 13.6 Å². The van der Waals surface area contributed by atoms with Gasteiger partial charge < -0.3 is 10.2 Å². The fraction of sp³-hybridized carbons (Fsp3) is 0.462. The van der Waals surface area contributed by atoms with Crippen LogP contribution in [0.15, 0.2) is 24.3 Å².